The number of rotatable bonds is 6. The van der Waals surface area contributed by atoms with Gasteiger partial charge in [0.2, 0.25) is 0 Å². The van der Waals surface area contributed by atoms with Crippen molar-refractivity contribution in [3.05, 3.63) is 84.1 Å². The van der Waals surface area contributed by atoms with Crippen molar-refractivity contribution in [1.29, 1.82) is 0 Å². The maximum Gasteiger partial charge on any atom is 0.255 e. The number of nitrogens with zero attached hydrogens (tertiary/aromatic N) is 5. The molecule has 37 heavy (non-hydrogen) atoms. The van der Waals surface area contributed by atoms with E-state index in [0.29, 0.717) is 52.3 Å². The Morgan fingerprint density at radius 3 is 2.76 bits per heavy atom. The van der Waals surface area contributed by atoms with Crippen LogP contribution >= 0.6 is 0 Å². The summed E-state index contributed by atoms with van der Waals surface area (Å²) >= 11 is 0. The van der Waals surface area contributed by atoms with E-state index >= 15 is 0 Å². The number of anilines is 3. The second-order valence-corrected chi connectivity index (χ2v) is 8.83. The lowest BCUT2D eigenvalue weighted by Crippen LogP contribution is -2.14. The minimum absolute atomic E-state index is 0.228. The van der Waals surface area contributed by atoms with Gasteiger partial charge >= 0.3 is 0 Å². The number of fused-ring (bicyclic) bond motifs is 1. The molecule has 0 unspecified atom stereocenters. The quantitative estimate of drug-likeness (QED) is 0.294. The Labute approximate surface area is 209 Å². The van der Waals surface area contributed by atoms with Gasteiger partial charge in [0, 0.05) is 40.5 Å². The molecule has 0 spiro atoms. The normalized spacial score (nSPS) is 13.9. The summed E-state index contributed by atoms with van der Waals surface area (Å²) in [6.07, 6.45) is 6.72. The van der Waals surface area contributed by atoms with Crippen molar-refractivity contribution >= 4 is 34.3 Å². The summed E-state index contributed by atoms with van der Waals surface area (Å²) in [7, 11) is 0. The SMILES string of the molecule is Cc1c(F)cc(NC(=O)c2ccnc(C3(F)CC3)c2)cc1Nc1ncccc1-c1ncnc2nc[nH]c12. The fourth-order valence-corrected chi connectivity index (χ4v) is 4.06. The standard InChI is InChI=1S/C26H20F2N8O/c1-14-18(27)10-16(35-25(37)15-4-8-29-20(9-15)26(28)5-6-26)11-19(14)36-23-17(3-2-7-30-23)21-22-24(33-12-31-21)34-13-32-22/h2-4,7-13H,5-6H2,1H3,(H,30,36)(H,35,37)(H,31,32,33,34). The van der Waals surface area contributed by atoms with Crippen molar-refractivity contribution in [1.82, 2.24) is 29.9 Å². The minimum Gasteiger partial charge on any atom is -0.341 e. The number of alkyl halides is 1. The van der Waals surface area contributed by atoms with E-state index in [4.69, 9.17) is 0 Å². The first-order chi connectivity index (χ1) is 17.9. The van der Waals surface area contributed by atoms with Gasteiger partial charge in [0.1, 0.15) is 29.2 Å². The van der Waals surface area contributed by atoms with E-state index in [1.165, 1.54) is 37.1 Å². The number of H-pyrrole nitrogens is 1. The Morgan fingerprint density at radius 2 is 1.92 bits per heavy atom. The van der Waals surface area contributed by atoms with Gasteiger partial charge in [-0.3, -0.25) is 9.78 Å². The van der Waals surface area contributed by atoms with Crippen molar-refractivity contribution < 1.29 is 13.6 Å². The molecule has 1 aliphatic rings. The molecule has 1 fully saturated rings. The van der Waals surface area contributed by atoms with Crippen LogP contribution in [0.25, 0.3) is 22.4 Å². The van der Waals surface area contributed by atoms with E-state index in [9.17, 15) is 13.6 Å². The first-order valence-electron chi connectivity index (χ1n) is 11.5. The van der Waals surface area contributed by atoms with E-state index in [2.05, 4.69) is 40.5 Å². The first kappa shape index (κ1) is 22.7. The van der Waals surface area contributed by atoms with Crippen LogP contribution < -0.4 is 10.6 Å². The van der Waals surface area contributed by atoms with E-state index in [-0.39, 0.29) is 16.9 Å². The molecule has 5 aromatic rings. The van der Waals surface area contributed by atoms with Crippen molar-refractivity contribution in [3.63, 3.8) is 0 Å². The summed E-state index contributed by atoms with van der Waals surface area (Å²) in [6.45, 7) is 1.62. The molecular weight excluding hydrogens is 478 g/mol. The Morgan fingerprint density at radius 1 is 1.05 bits per heavy atom. The van der Waals surface area contributed by atoms with Gasteiger partial charge < -0.3 is 15.6 Å². The van der Waals surface area contributed by atoms with Gasteiger partial charge in [-0.25, -0.2) is 28.7 Å². The van der Waals surface area contributed by atoms with Gasteiger partial charge in [0.15, 0.2) is 11.3 Å². The van der Waals surface area contributed by atoms with Crippen LogP contribution in [-0.2, 0) is 5.67 Å². The number of pyridine rings is 2. The highest BCUT2D eigenvalue weighted by Crippen LogP contribution is 2.48. The molecule has 6 rings (SSSR count). The van der Waals surface area contributed by atoms with Crippen LogP contribution in [0.2, 0.25) is 0 Å². The number of benzene rings is 1. The van der Waals surface area contributed by atoms with Gasteiger partial charge in [-0.2, -0.15) is 0 Å². The topological polar surface area (TPSA) is 121 Å². The smallest absolute Gasteiger partial charge is 0.255 e. The molecule has 184 valence electrons. The molecule has 1 aliphatic carbocycles. The Hall–Kier alpha value is -4.80. The van der Waals surface area contributed by atoms with E-state index < -0.39 is 17.4 Å². The third kappa shape index (κ3) is 4.24. The predicted octanol–water partition coefficient (Wildman–Crippen LogP) is 5.21. The number of hydrogen-bond acceptors (Lipinski definition) is 7. The number of carbonyl (C=O) groups excluding carboxylic acids is 1. The zero-order chi connectivity index (χ0) is 25.6. The van der Waals surface area contributed by atoms with Crippen LogP contribution in [0.5, 0.6) is 0 Å². The maximum atomic E-state index is 14.9. The minimum atomic E-state index is -1.46. The van der Waals surface area contributed by atoms with Crippen molar-refractivity contribution in [3.8, 4) is 11.3 Å². The molecule has 9 nitrogen and oxygen atoms in total. The van der Waals surface area contributed by atoms with Gasteiger partial charge in [-0.1, -0.05) is 0 Å². The van der Waals surface area contributed by atoms with Crippen LogP contribution in [0, 0.1) is 12.7 Å². The van der Waals surface area contributed by atoms with Crippen molar-refractivity contribution in [2.75, 3.05) is 10.6 Å². The fourth-order valence-electron chi connectivity index (χ4n) is 4.06. The molecule has 0 saturated heterocycles. The molecule has 1 aromatic carbocycles. The number of hydrogen-bond donors (Lipinski definition) is 3. The van der Waals surface area contributed by atoms with Gasteiger partial charge in [-0.05, 0) is 56.2 Å². The number of nitrogens with one attached hydrogen (secondary N) is 3. The van der Waals surface area contributed by atoms with Crippen LogP contribution in [0.1, 0.15) is 34.5 Å². The fraction of sp³-hybridized carbons (Fsp3) is 0.154. The number of carbonyl (C=O) groups is 1. The third-order valence-corrected chi connectivity index (χ3v) is 6.31. The Bertz CT molecular complexity index is 1660. The highest BCUT2D eigenvalue weighted by atomic mass is 19.1. The average molecular weight is 498 g/mol. The number of amides is 1. The molecule has 0 aliphatic heterocycles. The predicted molar refractivity (Wildman–Crippen MR) is 134 cm³/mol. The van der Waals surface area contributed by atoms with Crippen molar-refractivity contribution in [2.24, 2.45) is 0 Å². The first-order valence-corrected chi connectivity index (χ1v) is 11.5. The summed E-state index contributed by atoms with van der Waals surface area (Å²) in [5.74, 6) is -0.588. The van der Waals surface area contributed by atoms with E-state index in [1.807, 2.05) is 6.07 Å². The lowest BCUT2D eigenvalue weighted by Gasteiger charge is -2.15. The molecule has 1 amide bonds. The molecule has 0 bridgehead atoms. The monoisotopic (exact) mass is 498 g/mol. The zero-order valence-electron chi connectivity index (χ0n) is 19.6. The Kier molecular flexibility index (Phi) is 5.32. The van der Waals surface area contributed by atoms with Gasteiger partial charge in [0.25, 0.3) is 5.91 Å². The van der Waals surface area contributed by atoms with Crippen LogP contribution in [0.15, 0.2) is 61.4 Å². The number of imidazole rings is 1. The van der Waals surface area contributed by atoms with Crippen LogP contribution in [-0.4, -0.2) is 35.8 Å². The lowest BCUT2D eigenvalue weighted by molar-refractivity contribution is 0.102. The highest BCUT2D eigenvalue weighted by molar-refractivity contribution is 6.04. The Balaban J connectivity index is 1.31. The summed E-state index contributed by atoms with van der Waals surface area (Å²) in [5.41, 5.74) is 2.35. The molecule has 3 N–H and O–H groups in total. The molecule has 11 heteroatoms. The zero-order valence-corrected chi connectivity index (χ0v) is 19.6. The largest absolute Gasteiger partial charge is 0.341 e. The molecule has 4 heterocycles. The molecular formula is C26H20F2N8O. The summed E-state index contributed by atoms with van der Waals surface area (Å²) < 4.78 is 29.3. The second kappa shape index (κ2) is 8.70. The number of halogens is 2. The number of aromatic amines is 1. The number of aromatic nitrogens is 6. The third-order valence-electron chi connectivity index (χ3n) is 6.31. The van der Waals surface area contributed by atoms with Gasteiger partial charge in [-0.15, -0.1) is 0 Å². The summed E-state index contributed by atoms with van der Waals surface area (Å²) in [6, 6.07) is 9.36. The molecule has 0 radical (unpaired) electrons. The molecule has 1 saturated carbocycles. The average Bonchev–Trinajstić information content (AvgIpc) is 3.47. The lowest BCUT2D eigenvalue weighted by atomic mass is 10.1. The van der Waals surface area contributed by atoms with E-state index in [1.54, 1.807) is 25.3 Å². The van der Waals surface area contributed by atoms with Crippen LogP contribution in [0.3, 0.4) is 0 Å². The molecule has 4 aromatic heterocycles. The second-order valence-electron chi connectivity index (χ2n) is 8.83. The highest BCUT2D eigenvalue weighted by Gasteiger charge is 2.46. The summed E-state index contributed by atoms with van der Waals surface area (Å²) in [5, 5.41) is 5.87. The van der Waals surface area contributed by atoms with Crippen LogP contribution in [0.4, 0.5) is 26.0 Å². The van der Waals surface area contributed by atoms with Gasteiger partial charge in [0.05, 0.1) is 12.0 Å². The van der Waals surface area contributed by atoms with Crippen molar-refractivity contribution in [2.45, 2.75) is 25.4 Å². The molecule has 0 atom stereocenters. The van der Waals surface area contributed by atoms with E-state index in [0.717, 1.165) is 0 Å². The summed E-state index contributed by atoms with van der Waals surface area (Å²) in [4.78, 5) is 37.1. The maximum absolute atomic E-state index is 14.9.